The minimum absolute atomic E-state index is 0.0389. The van der Waals surface area contributed by atoms with Gasteiger partial charge in [-0.2, -0.15) is 4.98 Å². The number of nitrogens with one attached hydrogen (secondary N) is 1. The largest absolute Gasteiger partial charge is 0.489 e. The number of nitrogens with two attached hydrogens (primary N) is 1. The number of nitrogens with zero attached hydrogens (tertiary/aromatic N) is 3. The van der Waals surface area contributed by atoms with Gasteiger partial charge in [0.2, 0.25) is 17.0 Å². The highest BCUT2D eigenvalue weighted by atomic mass is 32.2. The van der Waals surface area contributed by atoms with E-state index in [0.717, 1.165) is 11.3 Å². The van der Waals surface area contributed by atoms with Gasteiger partial charge in [-0.05, 0) is 17.7 Å². The van der Waals surface area contributed by atoms with Crippen molar-refractivity contribution in [3.05, 3.63) is 60.2 Å². The van der Waals surface area contributed by atoms with Gasteiger partial charge in [-0.3, -0.25) is 9.69 Å². The van der Waals surface area contributed by atoms with Crippen LogP contribution in [0.25, 0.3) is 0 Å². The topological polar surface area (TPSA) is 97.1 Å². The van der Waals surface area contributed by atoms with Crippen molar-refractivity contribution in [2.45, 2.75) is 11.2 Å². The maximum absolute atomic E-state index is 13.1. The molecule has 0 spiro atoms. The maximum Gasteiger partial charge on any atom is 0.238 e. The lowest BCUT2D eigenvalue weighted by atomic mass is 10.0. The van der Waals surface area contributed by atoms with Crippen LogP contribution in [0.3, 0.4) is 0 Å². The molecule has 1 atom stereocenters. The minimum Gasteiger partial charge on any atom is -0.489 e. The fraction of sp³-hybridized carbons (Fsp3) is 0.167. The molecule has 26 heavy (non-hydrogen) atoms. The quantitative estimate of drug-likeness (QED) is 0.688. The molecule has 4 rings (SSSR count). The molecule has 2 aromatic carbocycles. The SMILES string of the molecule is Nc1nc(SCC(=O)N2c3ccccc3OC[C@H]2c2ccccc2)n[nH]1. The van der Waals surface area contributed by atoms with Gasteiger partial charge in [0.05, 0.1) is 17.5 Å². The number of thioether (sulfide) groups is 1. The van der Waals surface area contributed by atoms with Crippen molar-refractivity contribution < 1.29 is 9.53 Å². The van der Waals surface area contributed by atoms with Crippen molar-refractivity contribution in [2.24, 2.45) is 0 Å². The van der Waals surface area contributed by atoms with E-state index >= 15 is 0 Å². The van der Waals surface area contributed by atoms with Crippen molar-refractivity contribution in [3.8, 4) is 5.75 Å². The normalized spacial score (nSPS) is 16.0. The van der Waals surface area contributed by atoms with E-state index in [1.807, 2.05) is 54.6 Å². The average Bonchev–Trinajstić information content (AvgIpc) is 3.11. The van der Waals surface area contributed by atoms with Crippen LogP contribution >= 0.6 is 11.8 Å². The zero-order valence-corrected chi connectivity index (χ0v) is 14.6. The van der Waals surface area contributed by atoms with Gasteiger partial charge in [-0.25, -0.2) is 5.10 Å². The Balaban J connectivity index is 1.62. The second-order valence-corrected chi connectivity index (χ2v) is 6.70. The van der Waals surface area contributed by atoms with E-state index in [0.29, 0.717) is 17.5 Å². The smallest absolute Gasteiger partial charge is 0.238 e. The number of ether oxygens (including phenoxy) is 1. The Bertz CT molecular complexity index is 915. The van der Waals surface area contributed by atoms with Gasteiger partial charge in [0, 0.05) is 0 Å². The third-order valence-electron chi connectivity index (χ3n) is 4.09. The molecule has 0 bridgehead atoms. The van der Waals surface area contributed by atoms with Crippen LogP contribution in [0.2, 0.25) is 0 Å². The first kappa shape index (κ1) is 16.5. The zero-order valence-electron chi connectivity index (χ0n) is 13.8. The Morgan fingerprint density at radius 2 is 2.00 bits per heavy atom. The summed E-state index contributed by atoms with van der Waals surface area (Å²) < 4.78 is 5.89. The molecule has 0 saturated carbocycles. The maximum atomic E-state index is 13.1. The molecular weight excluding hydrogens is 350 g/mol. The number of carbonyl (C=O) groups excluding carboxylic acids is 1. The third kappa shape index (κ3) is 3.23. The highest BCUT2D eigenvalue weighted by Gasteiger charge is 2.33. The van der Waals surface area contributed by atoms with Crippen LogP contribution in [-0.4, -0.2) is 33.4 Å². The minimum atomic E-state index is -0.184. The molecule has 8 heteroatoms. The lowest BCUT2D eigenvalue weighted by Gasteiger charge is -2.37. The van der Waals surface area contributed by atoms with Gasteiger partial charge in [-0.1, -0.05) is 54.2 Å². The first-order chi connectivity index (χ1) is 12.7. The number of nitrogen functional groups attached to an aromatic ring is 1. The number of fused-ring (bicyclic) bond motifs is 1. The first-order valence-corrected chi connectivity index (χ1v) is 9.10. The van der Waals surface area contributed by atoms with Crippen molar-refractivity contribution in [1.82, 2.24) is 15.2 Å². The summed E-state index contributed by atoms with van der Waals surface area (Å²) in [6.07, 6.45) is 0. The summed E-state index contributed by atoms with van der Waals surface area (Å²) in [6.45, 7) is 0.408. The van der Waals surface area contributed by atoms with Crippen LogP contribution in [-0.2, 0) is 4.79 Å². The number of rotatable bonds is 4. The molecule has 3 N–H and O–H groups in total. The molecule has 132 valence electrons. The number of hydrogen-bond acceptors (Lipinski definition) is 6. The van der Waals surface area contributed by atoms with Gasteiger partial charge in [0.25, 0.3) is 0 Å². The first-order valence-electron chi connectivity index (χ1n) is 8.12. The molecule has 1 amide bonds. The number of hydrogen-bond donors (Lipinski definition) is 2. The van der Waals surface area contributed by atoms with Crippen LogP contribution in [0.4, 0.5) is 11.6 Å². The van der Waals surface area contributed by atoms with E-state index in [9.17, 15) is 4.79 Å². The summed E-state index contributed by atoms with van der Waals surface area (Å²) in [5.41, 5.74) is 7.34. The van der Waals surface area contributed by atoms with Crippen LogP contribution in [0.5, 0.6) is 5.75 Å². The third-order valence-corrected chi connectivity index (χ3v) is 4.93. The summed E-state index contributed by atoms with van der Waals surface area (Å²) in [6, 6.07) is 17.3. The lowest BCUT2D eigenvalue weighted by Crippen LogP contribution is -2.42. The molecule has 1 aromatic heterocycles. The predicted molar refractivity (Wildman–Crippen MR) is 100 cm³/mol. The number of amides is 1. The average molecular weight is 367 g/mol. The fourth-order valence-electron chi connectivity index (χ4n) is 2.94. The van der Waals surface area contributed by atoms with Crippen molar-refractivity contribution in [2.75, 3.05) is 23.0 Å². The van der Waals surface area contributed by atoms with Gasteiger partial charge < -0.3 is 10.5 Å². The molecule has 0 aliphatic carbocycles. The number of anilines is 2. The van der Waals surface area contributed by atoms with E-state index in [-0.39, 0.29) is 23.7 Å². The number of para-hydroxylation sites is 2. The Kier molecular flexibility index (Phi) is 4.49. The highest BCUT2D eigenvalue weighted by molar-refractivity contribution is 7.99. The number of H-pyrrole nitrogens is 1. The van der Waals surface area contributed by atoms with Gasteiger partial charge in [-0.15, -0.1) is 5.10 Å². The molecule has 1 aliphatic heterocycles. The number of benzene rings is 2. The molecule has 0 saturated heterocycles. The van der Waals surface area contributed by atoms with Gasteiger partial charge >= 0.3 is 0 Å². The van der Waals surface area contributed by atoms with E-state index < -0.39 is 0 Å². The highest BCUT2D eigenvalue weighted by Crippen LogP contribution is 2.39. The number of carbonyl (C=O) groups is 1. The molecule has 1 aliphatic rings. The summed E-state index contributed by atoms with van der Waals surface area (Å²) in [4.78, 5) is 18.9. The summed E-state index contributed by atoms with van der Waals surface area (Å²) in [5, 5.41) is 6.99. The molecule has 2 heterocycles. The summed E-state index contributed by atoms with van der Waals surface area (Å²) in [5.74, 6) is 1.11. The Morgan fingerprint density at radius 1 is 1.23 bits per heavy atom. The second-order valence-electron chi connectivity index (χ2n) is 5.76. The van der Waals surface area contributed by atoms with Crippen LogP contribution in [0.15, 0.2) is 59.8 Å². The standard InChI is InChI=1S/C18H17N5O2S/c19-17-20-18(22-21-17)26-11-16(24)23-13-8-4-5-9-15(13)25-10-14(23)12-6-2-1-3-7-12/h1-9,14H,10-11H2,(H3,19,20,21,22)/t14-/m0/s1. The lowest BCUT2D eigenvalue weighted by molar-refractivity contribution is -0.117. The Hall–Kier alpha value is -3.00. The van der Waals surface area contributed by atoms with Crippen molar-refractivity contribution >= 4 is 29.3 Å². The van der Waals surface area contributed by atoms with E-state index in [4.69, 9.17) is 10.5 Å². The van der Waals surface area contributed by atoms with Crippen molar-refractivity contribution in [3.63, 3.8) is 0 Å². The van der Waals surface area contributed by atoms with Gasteiger partial charge in [0.1, 0.15) is 12.4 Å². The second kappa shape index (κ2) is 7.09. The molecule has 0 unspecified atom stereocenters. The van der Waals surface area contributed by atoms with E-state index in [1.54, 1.807) is 4.90 Å². The number of aromatic amines is 1. The number of aromatic nitrogens is 3. The monoisotopic (exact) mass is 367 g/mol. The zero-order chi connectivity index (χ0) is 17.9. The summed E-state index contributed by atoms with van der Waals surface area (Å²) >= 11 is 1.25. The van der Waals surface area contributed by atoms with Crippen LogP contribution in [0.1, 0.15) is 11.6 Å². The molecule has 3 aromatic rings. The van der Waals surface area contributed by atoms with Gasteiger partial charge in [0.15, 0.2) is 0 Å². The Labute approximate surface area is 154 Å². The fourth-order valence-corrected chi connectivity index (χ4v) is 3.60. The summed E-state index contributed by atoms with van der Waals surface area (Å²) in [7, 11) is 0. The van der Waals surface area contributed by atoms with Crippen LogP contribution in [0, 0.1) is 0 Å². The molecule has 0 radical (unpaired) electrons. The van der Waals surface area contributed by atoms with E-state index in [2.05, 4.69) is 15.2 Å². The van der Waals surface area contributed by atoms with Crippen LogP contribution < -0.4 is 15.4 Å². The molecular formula is C18H17N5O2S. The molecule has 7 nitrogen and oxygen atoms in total. The Morgan fingerprint density at radius 3 is 2.77 bits per heavy atom. The van der Waals surface area contributed by atoms with Crippen molar-refractivity contribution in [1.29, 1.82) is 0 Å². The molecule has 0 fully saturated rings. The predicted octanol–water partition coefficient (Wildman–Crippen LogP) is 2.65. The van der Waals surface area contributed by atoms with E-state index in [1.165, 1.54) is 11.8 Å².